The maximum absolute atomic E-state index is 11.2. The fourth-order valence-electron chi connectivity index (χ4n) is 1.02. The van der Waals surface area contributed by atoms with Gasteiger partial charge in [-0.25, -0.2) is 4.79 Å². The van der Waals surface area contributed by atoms with E-state index in [4.69, 9.17) is 11.6 Å². The molecule has 0 N–H and O–H groups in total. The molecule has 0 amide bonds. The van der Waals surface area contributed by atoms with E-state index in [-0.39, 0.29) is 5.57 Å². The summed E-state index contributed by atoms with van der Waals surface area (Å²) in [6.45, 7) is 0. The van der Waals surface area contributed by atoms with Crippen LogP contribution in [0.2, 0.25) is 0 Å². The van der Waals surface area contributed by atoms with Gasteiger partial charge >= 0.3 is 5.97 Å². The molecule has 0 aliphatic rings. The minimum Gasteiger partial charge on any atom is -0.465 e. The molecule has 0 fully saturated rings. The monoisotopic (exact) mass is 224 g/mol. The van der Waals surface area contributed by atoms with Gasteiger partial charge in [0, 0.05) is 0 Å². The number of hydrogen-bond donors (Lipinski definition) is 0. The van der Waals surface area contributed by atoms with Crippen molar-refractivity contribution in [2.75, 3.05) is 7.11 Å². The van der Waals surface area contributed by atoms with Crippen molar-refractivity contribution in [1.29, 1.82) is 0 Å². The van der Waals surface area contributed by atoms with Gasteiger partial charge in [0.2, 0.25) is 0 Å². The van der Waals surface area contributed by atoms with Crippen LogP contribution in [0.5, 0.6) is 0 Å². The molecule has 4 heteroatoms. The van der Waals surface area contributed by atoms with E-state index in [0.29, 0.717) is 5.56 Å². The second kappa shape index (κ2) is 5.32. The molecule has 1 aromatic rings. The minimum absolute atomic E-state index is 0.176. The Kier molecular flexibility index (Phi) is 4.06. The number of ether oxygens (including phenoxy) is 1. The normalized spacial score (nSPS) is 10.9. The Morgan fingerprint density at radius 3 is 2.33 bits per heavy atom. The molecule has 0 aromatic heterocycles. The summed E-state index contributed by atoms with van der Waals surface area (Å²) in [6, 6.07) is 8.92. The van der Waals surface area contributed by atoms with Gasteiger partial charge in [0.1, 0.15) is 5.57 Å². The zero-order chi connectivity index (χ0) is 11.3. The summed E-state index contributed by atoms with van der Waals surface area (Å²) >= 11 is 5.26. The molecule has 0 saturated heterocycles. The summed E-state index contributed by atoms with van der Waals surface area (Å²) in [7, 11) is 1.20. The van der Waals surface area contributed by atoms with Crippen LogP contribution in [0.15, 0.2) is 35.9 Å². The predicted octanol–water partition coefficient (Wildman–Crippen LogP) is 2.01. The van der Waals surface area contributed by atoms with Gasteiger partial charge in [-0.1, -0.05) is 30.3 Å². The molecule has 0 bridgehead atoms. The van der Waals surface area contributed by atoms with Crippen molar-refractivity contribution in [3.63, 3.8) is 0 Å². The number of carbonyl (C=O) groups excluding carboxylic acids is 2. The average Bonchev–Trinajstić information content (AvgIpc) is 2.26. The van der Waals surface area contributed by atoms with Crippen molar-refractivity contribution >= 4 is 28.9 Å². The highest BCUT2D eigenvalue weighted by molar-refractivity contribution is 6.70. The summed E-state index contributed by atoms with van der Waals surface area (Å²) in [5.41, 5.74) is 0.539. The standard InChI is InChI=1S/C11H9ClO3/c1-15-11(14)9(10(12)13)7-8-5-3-2-4-6-8/h2-7H,1H3/b9-7-. The third-order valence-corrected chi connectivity index (χ3v) is 1.93. The van der Waals surface area contributed by atoms with Crippen LogP contribution in [-0.2, 0) is 14.3 Å². The molecule has 1 rings (SSSR count). The molecule has 0 atom stereocenters. The first-order valence-corrected chi connectivity index (χ1v) is 4.58. The number of esters is 1. The lowest BCUT2D eigenvalue weighted by Crippen LogP contribution is -2.09. The molecule has 78 valence electrons. The number of rotatable bonds is 3. The maximum atomic E-state index is 11.2. The van der Waals surface area contributed by atoms with Gasteiger partial charge in [-0.05, 0) is 23.2 Å². The highest BCUT2D eigenvalue weighted by atomic mass is 35.5. The van der Waals surface area contributed by atoms with Gasteiger partial charge in [-0.3, -0.25) is 4.79 Å². The lowest BCUT2D eigenvalue weighted by Gasteiger charge is -1.99. The first kappa shape index (κ1) is 11.5. The van der Waals surface area contributed by atoms with E-state index in [1.54, 1.807) is 24.3 Å². The fraction of sp³-hybridized carbons (Fsp3) is 0.0909. The molecule has 0 saturated carbocycles. The second-order valence-corrected chi connectivity index (χ2v) is 3.08. The first-order chi connectivity index (χ1) is 7.15. The Labute approximate surface area is 92.3 Å². The Balaban J connectivity index is 3.05. The number of methoxy groups -OCH3 is 1. The third kappa shape index (κ3) is 3.22. The van der Waals surface area contributed by atoms with Crippen LogP contribution in [0.3, 0.4) is 0 Å². The van der Waals surface area contributed by atoms with Gasteiger partial charge in [-0.2, -0.15) is 0 Å². The second-order valence-electron chi connectivity index (χ2n) is 2.73. The van der Waals surface area contributed by atoms with Gasteiger partial charge < -0.3 is 4.74 Å². The average molecular weight is 225 g/mol. The quantitative estimate of drug-likeness (QED) is 0.259. The molecular weight excluding hydrogens is 216 g/mol. The van der Waals surface area contributed by atoms with E-state index in [9.17, 15) is 9.59 Å². The third-order valence-electron chi connectivity index (χ3n) is 1.73. The Morgan fingerprint density at radius 1 is 1.27 bits per heavy atom. The lowest BCUT2D eigenvalue weighted by atomic mass is 10.1. The Bertz CT molecular complexity index is 396. The van der Waals surface area contributed by atoms with Gasteiger partial charge in [0.05, 0.1) is 7.11 Å². The van der Waals surface area contributed by atoms with Crippen LogP contribution in [0.4, 0.5) is 0 Å². The van der Waals surface area contributed by atoms with Gasteiger partial charge in [0.15, 0.2) is 0 Å². The first-order valence-electron chi connectivity index (χ1n) is 4.20. The number of benzene rings is 1. The zero-order valence-electron chi connectivity index (χ0n) is 8.07. The number of carbonyl (C=O) groups is 2. The van der Waals surface area contributed by atoms with Crippen molar-refractivity contribution in [3.05, 3.63) is 41.5 Å². The Hall–Kier alpha value is -1.61. The van der Waals surface area contributed by atoms with Crippen molar-refractivity contribution < 1.29 is 14.3 Å². The minimum atomic E-state index is -0.828. The Morgan fingerprint density at radius 2 is 1.87 bits per heavy atom. The van der Waals surface area contributed by atoms with E-state index in [1.165, 1.54) is 13.2 Å². The fourth-order valence-corrected chi connectivity index (χ4v) is 1.15. The van der Waals surface area contributed by atoms with Crippen LogP contribution < -0.4 is 0 Å². The molecule has 3 nitrogen and oxygen atoms in total. The van der Waals surface area contributed by atoms with Crippen LogP contribution >= 0.6 is 11.6 Å². The molecule has 15 heavy (non-hydrogen) atoms. The molecule has 0 aliphatic heterocycles. The highest BCUT2D eigenvalue weighted by Crippen LogP contribution is 2.10. The van der Waals surface area contributed by atoms with E-state index >= 15 is 0 Å². The molecule has 0 radical (unpaired) electrons. The van der Waals surface area contributed by atoms with E-state index in [2.05, 4.69) is 4.74 Å². The molecular formula is C11H9ClO3. The highest BCUT2D eigenvalue weighted by Gasteiger charge is 2.16. The molecule has 0 spiro atoms. The summed E-state index contributed by atoms with van der Waals surface area (Å²) in [5, 5.41) is -0.828. The van der Waals surface area contributed by atoms with Crippen LogP contribution in [0, 0.1) is 0 Å². The van der Waals surface area contributed by atoms with E-state index < -0.39 is 11.2 Å². The molecule has 0 heterocycles. The maximum Gasteiger partial charge on any atom is 0.342 e. The van der Waals surface area contributed by atoms with Gasteiger partial charge in [0.25, 0.3) is 5.24 Å². The zero-order valence-corrected chi connectivity index (χ0v) is 8.82. The summed E-state index contributed by atoms with van der Waals surface area (Å²) < 4.78 is 4.43. The summed E-state index contributed by atoms with van der Waals surface area (Å²) in [4.78, 5) is 22.1. The predicted molar refractivity (Wildman–Crippen MR) is 57.3 cm³/mol. The van der Waals surface area contributed by atoms with Crippen LogP contribution in [-0.4, -0.2) is 18.3 Å². The molecule has 0 unspecified atom stereocenters. The van der Waals surface area contributed by atoms with Crippen LogP contribution in [0.1, 0.15) is 5.56 Å². The number of halogens is 1. The van der Waals surface area contributed by atoms with E-state index in [1.807, 2.05) is 6.07 Å². The number of hydrogen-bond acceptors (Lipinski definition) is 3. The topological polar surface area (TPSA) is 43.4 Å². The van der Waals surface area contributed by atoms with E-state index in [0.717, 1.165) is 0 Å². The lowest BCUT2D eigenvalue weighted by molar-refractivity contribution is -0.136. The largest absolute Gasteiger partial charge is 0.465 e. The van der Waals surface area contributed by atoms with Crippen molar-refractivity contribution in [2.45, 2.75) is 0 Å². The smallest absolute Gasteiger partial charge is 0.342 e. The molecule has 1 aromatic carbocycles. The van der Waals surface area contributed by atoms with Crippen molar-refractivity contribution in [2.24, 2.45) is 0 Å². The molecule has 0 aliphatic carbocycles. The van der Waals surface area contributed by atoms with Crippen LogP contribution in [0.25, 0.3) is 6.08 Å². The van der Waals surface area contributed by atoms with Crippen molar-refractivity contribution in [1.82, 2.24) is 0 Å². The summed E-state index contributed by atoms with van der Waals surface area (Å²) in [6.07, 6.45) is 1.39. The SMILES string of the molecule is COC(=O)/C(=C\c1ccccc1)C(=O)Cl. The summed E-state index contributed by atoms with van der Waals surface area (Å²) in [5.74, 6) is -0.737. The van der Waals surface area contributed by atoms with Crippen molar-refractivity contribution in [3.8, 4) is 0 Å². The van der Waals surface area contributed by atoms with Gasteiger partial charge in [-0.15, -0.1) is 0 Å².